The number of unbranched alkanes of at least 4 members (excludes halogenated alkanes) is 1. The van der Waals surface area contributed by atoms with Gasteiger partial charge in [-0.25, -0.2) is 0 Å². The Morgan fingerprint density at radius 1 is 1.04 bits per heavy atom. The Morgan fingerprint density at radius 2 is 1.84 bits per heavy atom. The second kappa shape index (κ2) is 10.4. The molecule has 1 atom stereocenters. The average molecular weight is 351 g/mol. The Balaban J connectivity index is 1.29. The maximum absolute atomic E-state index is 5.46. The molecule has 1 saturated carbocycles. The van der Waals surface area contributed by atoms with Crippen LogP contribution in [0, 0.1) is 11.8 Å². The van der Waals surface area contributed by atoms with Gasteiger partial charge in [0, 0.05) is 46.3 Å². The molecular weight excluding hydrogens is 312 g/mol. The zero-order valence-electron chi connectivity index (χ0n) is 16.2. The summed E-state index contributed by atoms with van der Waals surface area (Å²) in [6, 6.07) is 0. The molecule has 1 N–H and O–H groups in total. The molecule has 0 bridgehead atoms. The van der Waals surface area contributed by atoms with Crippen molar-refractivity contribution in [2.45, 2.75) is 51.4 Å². The summed E-state index contributed by atoms with van der Waals surface area (Å²) in [7, 11) is 1.93. The largest absolute Gasteiger partial charge is 0.379 e. The first-order valence-corrected chi connectivity index (χ1v) is 10.6. The van der Waals surface area contributed by atoms with Crippen molar-refractivity contribution in [2.75, 3.05) is 59.5 Å². The first-order valence-electron chi connectivity index (χ1n) is 10.6. The second-order valence-electron chi connectivity index (χ2n) is 8.13. The highest BCUT2D eigenvalue weighted by Gasteiger charge is 2.27. The summed E-state index contributed by atoms with van der Waals surface area (Å²) < 4.78 is 5.46. The van der Waals surface area contributed by atoms with Crippen molar-refractivity contribution in [3.63, 3.8) is 0 Å². The molecule has 3 rings (SSSR count). The molecule has 25 heavy (non-hydrogen) atoms. The molecule has 2 saturated heterocycles. The lowest BCUT2D eigenvalue weighted by atomic mass is 10.0. The van der Waals surface area contributed by atoms with Crippen molar-refractivity contribution in [3.05, 3.63) is 0 Å². The molecule has 3 aliphatic rings. The zero-order chi connectivity index (χ0) is 17.3. The summed E-state index contributed by atoms with van der Waals surface area (Å²) in [5.41, 5.74) is 0. The smallest absolute Gasteiger partial charge is 0.193 e. The predicted octanol–water partition coefficient (Wildman–Crippen LogP) is 2.58. The van der Waals surface area contributed by atoms with Crippen LogP contribution in [0.25, 0.3) is 0 Å². The molecule has 5 heteroatoms. The van der Waals surface area contributed by atoms with E-state index >= 15 is 0 Å². The van der Waals surface area contributed by atoms with Gasteiger partial charge in [-0.05, 0) is 24.7 Å². The minimum atomic E-state index is 0.777. The molecule has 0 spiro atoms. The molecule has 0 aromatic carbocycles. The Kier molecular flexibility index (Phi) is 7.86. The maximum Gasteiger partial charge on any atom is 0.193 e. The van der Waals surface area contributed by atoms with Crippen LogP contribution in [-0.2, 0) is 4.74 Å². The van der Waals surface area contributed by atoms with Crippen molar-refractivity contribution >= 4 is 5.96 Å². The fourth-order valence-corrected chi connectivity index (χ4v) is 4.71. The quantitative estimate of drug-likeness (QED) is 0.435. The highest BCUT2D eigenvalue weighted by atomic mass is 16.5. The summed E-state index contributed by atoms with van der Waals surface area (Å²) >= 11 is 0. The molecule has 0 aromatic heterocycles. The average Bonchev–Trinajstić information content (AvgIpc) is 3.31. The number of ether oxygens (including phenoxy) is 1. The van der Waals surface area contributed by atoms with E-state index in [9.17, 15) is 0 Å². The lowest BCUT2D eigenvalue weighted by molar-refractivity contribution is 0.0315. The summed E-state index contributed by atoms with van der Waals surface area (Å²) in [6.07, 6.45) is 11.3. The minimum absolute atomic E-state index is 0.777. The Hall–Kier alpha value is -0.810. The summed E-state index contributed by atoms with van der Waals surface area (Å²) in [6.45, 7) is 8.61. The van der Waals surface area contributed by atoms with Crippen LogP contribution in [-0.4, -0.2) is 75.3 Å². The van der Waals surface area contributed by atoms with Crippen LogP contribution in [0.1, 0.15) is 51.4 Å². The number of aliphatic imine (C=N–C) groups is 1. The number of nitrogens with zero attached hydrogens (tertiary/aromatic N) is 3. The predicted molar refractivity (Wildman–Crippen MR) is 104 cm³/mol. The fraction of sp³-hybridized carbons (Fsp3) is 0.950. The highest BCUT2D eigenvalue weighted by molar-refractivity contribution is 5.80. The van der Waals surface area contributed by atoms with Crippen molar-refractivity contribution in [1.82, 2.24) is 15.1 Å². The van der Waals surface area contributed by atoms with E-state index in [1.165, 1.54) is 57.9 Å². The van der Waals surface area contributed by atoms with Gasteiger partial charge < -0.3 is 15.0 Å². The van der Waals surface area contributed by atoms with E-state index in [0.717, 1.165) is 63.7 Å². The lowest BCUT2D eigenvalue weighted by Gasteiger charge is -2.29. The number of morpholine rings is 1. The molecular formula is C20H38N4O. The van der Waals surface area contributed by atoms with Crippen LogP contribution in [0.15, 0.2) is 4.99 Å². The molecule has 2 heterocycles. The summed E-state index contributed by atoms with van der Waals surface area (Å²) in [5.74, 6) is 2.92. The van der Waals surface area contributed by atoms with Crippen LogP contribution in [0.5, 0.6) is 0 Å². The number of rotatable bonds is 7. The molecule has 3 fully saturated rings. The Labute approximate surface area is 154 Å². The molecule has 144 valence electrons. The van der Waals surface area contributed by atoms with Gasteiger partial charge in [0.15, 0.2) is 5.96 Å². The first kappa shape index (κ1) is 19.0. The van der Waals surface area contributed by atoms with Crippen molar-refractivity contribution in [1.29, 1.82) is 0 Å². The van der Waals surface area contributed by atoms with Crippen LogP contribution in [0.2, 0.25) is 0 Å². The van der Waals surface area contributed by atoms with Crippen molar-refractivity contribution in [3.8, 4) is 0 Å². The van der Waals surface area contributed by atoms with E-state index in [0.29, 0.717) is 0 Å². The van der Waals surface area contributed by atoms with Crippen LogP contribution >= 0.6 is 0 Å². The normalized spacial score (nSPS) is 26.5. The number of nitrogens with one attached hydrogen (secondary N) is 1. The first-order chi connectivity index (χ1) is 12.3. The second-order valence-corrected chi connectivity index (χ2v) is 8.13. The molecule has 0 radical (unpaired) electrons. The van der Waals surface area contributed by atoms with Crippen LogP contribution < -0.4 is 5.32 Å². The van der Waals surface area contributed by atoms with E-state index in [1.807, 2.05) is 7.05 Å². The molecule has 0 amide bonds. The maximum atomic E-state index is 5.46. The summed E-state index contributed by atoms with van der Waals surface area (Å²) in [4.78, 5) is 9.55. The van der Waals surface area contributed by atoms with Gasteiger partial charge in [0.25, 0.3) is 0 Å². The van der Waals surface area contributed by atoms with E-state index in [-0.39, 0.29) is 0 Å². The van der Waals surface area contributed by atoms with Crippen molar-refractivity contribution in [2.24, 2.45) is 16.8 Å². The van der Waals surface area contributed by atoms with Crippen molar-refractivity contribution < 1.29 is 4.74 Å². The Bertz CT molecular complexity index is 403. The van der Waals surface area contributed by atoms with Crippen LogP contribution in [0.4, 0.5) is 0 Å². The summed E-state index contributed by atoms with van der Waals surface area (Å²) in [5, 5.41) is 3.60. The monoisotopic (exact) mass is 350 g/mol. The van der Waals surface area contributed by atoms with E-state index < -0.39 is 0 Å². The number of likely N-dealkylation sites (tertiary alicyclic amines) is 1. The van der Waals surface area contributed by atoms with Crippen LogP contribution in [0.3, 0.4) is 0 Å². The third kappa shape index (κ3) is 6.14. The minimum Gasteiger partial charge on any atom is -0.379 e. The highest BCUT2D eigenvalue weighted by Crippen LogP contribution is 2.28. The topological polar surface area (TPSA) is 40.1 Å². The van der Waals surface area contributed by atoms with Gasteiger partial charge in [-0.2, -0.15) is 0 Å². The lowest BCUT2D eigenvalue weighted by Crippen LogP contribution is -2.42. The van der Waals surface area contributed by atoms with Gasteiger partial charge >= 0.3 is 0 Å². The van der Waals surface area contributed by atoms with E-state index in [4.69, 9.17) is 4.74 Å². The number of guanidine groups is 1. The molecule has 1 unspecified atom stereocenters. The molecule has 5 nitrogen and oxygen atoms in total. The number of hydrogen-bond acceptors (Lipinski definition) is 3. The molecule has 1 aliphatic carbocycles. The van der Waals surface area contributed by atoms with Gasteiger partial charge in [-0.1, -0.05) is 38.5 Å². The van der Waals surface area contributed by atoms with Gasteiger partial charge in [-0.3, -0.25) is 9.89 Å². The number of hydrogen-bond donors (Lipinski definition) is 1. The van der Waals surface area contributed by atoms with Gasteiger partial charge in [0.05, 0.1) is 13.2 Å². The van der Waals surface area contributed by atoms with E-state index in [1.54, 1.807) is 0 Å². The van der Waals surface area contributed by atoms with E-state index in [2.05, 4.69) is 20.1 Å². The molecule has 0 aromatic rings. The third-order valence-electron chi connectivity index (χ3n) is 6.21. The van der Waals surface area contributed by atoms with Gasteiger partial charge in [-0.15, -0.1) is 0 Å². The molecule has 2 aliphatic heterocycles. The van der Waals surface area contributed by atoms with Gasteiger partial charge in [0.2, 0.25) is 0 Å². The fourth-order valence-electron chi connectivity index (χ4n) is 4.71. The zero-order valence-corrected chi connectivity index (χ0v) is 16.2. The SMILES string of the molecule is CN=C(NCCCCC1CCCC1)N1CCC(CN2CCOCC2)C1. The Morgan fingerprint density at radius 3 is 2.60 bits per heavy atom. The van der Waals surface area contributed by atoms with Gasteiger partial charge in [0.1, 0.15) is 0 Å². The third-order valence-corrected chi connectivity index (χ3v) is 6.21. The standard InChI is InChI=1S/C20H38N4O/c1-21-20(22-10-5-4-8-18-6-2-3-7-18)24-11-9-19(17-24)16-23-12-14-25-15-13-23/h18-19H,2-17H2,1H3,(H,21,22).